The highest BCUT2D eigenvalue weighted by Crippen LogP contribution is 2.40. The summed E-state index contributed by atoms with van der Waals surface area (Å²) in [6.07, 6.45) is -1.06. The number of hydrogen-bond acceptors (Lipinski definition) is 5. The number of halogens is 2. The molecule has 0 aromatic heterocycles. The van der Waals surface area contributed by atoms with Gasteiger partial charge < -0.3 is 9.57 Å². The third kappa shape index (κ3) is 2.66. The first-order valence-electron chi connectivity index (χ1n) is 8.14. The summed E-state index contributed by atoms with van der Waals surface area (Å²) in [5, 5.41) is 4.35. The molecule has 0 saturated carbocycles. The summed E-state index contributed by atoms with van der Waals surface area (Å²) in [5.41, 5.74) is 1.81. The number of hydrogen-bond donors (Lipinski definition) is 0. The summed E-state index contributed by atoms with van der Waals surface area (Å²) in [6, 6.07) is 8.68. The van der Waals surface area contributed by atoms with E-state index in [0.29, 0.717) is 33.3 Å². The number of amides is 2. The lowest BCUT2D eigenvalue weighted by Crippen LogP contribution is -2.33. The van der Waals surface area contributed by atoms with Crippen LogP contribution in [0.2, 0.25) is 5.02 Å². The molecule has 0 bridgehead atoms. The van der Waals surface area contributed by atoms with E-state index in [2.05, 4.69) is 5.16 Å². The van der Waals surface area contributed by atoms with Crippen LogP contribution in [0.5, 0.6) is 5.75 Å². The molecular weight excluding hydrogens is 375 g/mol. The van der Waals surface area contributed by atoms with Crippen LogP contribution >= 0.6 is 11.6 Å². The second kappa shape index (κ2) is 6.35. The zero-order valence-electron chi connectivity index (χ0n) is 14.4. The Morgan fingerprint density at radius 1 is 1.19 bits per heavy atom. The van der Waals surface area contributed by atoms with Crippen LogP contribution in [0.4, 0.5) is 10.1 Å². The fourth-order valence-corrected chi connectivity index (χ4v) is 3.41. The van der Waals surface area contributed by atoms with Crippen LogP contribution in [0.3, 0.4) is 0 Å². The van der Waals surface area contributed by atoms with Gasteiger partial charge >= 0.3 is 0 Å². The molecule has 2 amide bonds. The van der Waals surface area contributed by atoms with Crippen molar-refractivity contribution in [1.82, 2.24) is 0 Å². The van der Waals surface area contributed by atoms with E-state index in [-0.39, 0.29) is 0 Å². The van der Waals surface area contributed by atoms with Crippen molar-refractivity contribution in [3.05, 3.63) is 58.4 Å². The average Bonchev–Trinajstić information content (AvgIpc) is 3.19. The van der Waals surface area contributed by atoms with Gasteiger partial charge in [0.15, 0.2) is 0 Å². The summed E-state index contributed by atoms with van der Waals surface area (Å²) in [6.45, 7) is 1.76. The number of nitrogens with zero attached hydrogens (tertiary/aromatic N) is 2. The van der Waals surface area contributed by atoms with Gasteiger partial charge in [-0.2, -0.15) is 0 Å². The van der Waals surface area contributed by atoms with Gasteiger partial charge in [0, 0.05) is 16.7 Å². The molecule has 0 aliphatic carbocycles. The number of carbonyl (C=O) groups is 2. The first-order chi connectivity index (χ1) is 12.9. The maximum atomic E-state index is 13.2. The highest BCUT2D eigenvalue weighted by Gasteiger charge is 2.56. The summed E-state index contributed by atoms with van der Waals surface area (Å²) in [5.74, 6) is -2.03. The van der Waals surface area contributed by atoms with Crippen molar-refractivity contribution >= 4 is 34.8 Å². The van der Waals surface area contributed by atoms with Crippen LogP contribution in [0.1, 0.15) is 11.1 Å². The molecule has 0 N–H and O–H groups in total. The molecule has 8 heteroatoms. The average molecular weight is 389 g/mol. The second-order valence-corrected chi connectivity index (χ2v) is 6.68. The number of oxime groups is 1. The van der Waals surface area contributed by atoms with Crippen molar-refractivity contribution in [3.8, 4) is 5.75 Å². The molecule has 6 nitrogen and oxygen atoms in total. The van der Waals surface area contributed by atoms with Crippen molar-refractivity contribution in [1.29, 1.82) is 0 Å². The van der Waals surface area contributed by atoms with E-state index in [0.717, 1.165) is 4.90 Å². The fraction of sp³-hybridized carbons (Fsp3) is 0.211. The van der Waals surface area contributed by atoms with Gasteiger partial charge in [0.05, 0.1) is 12.8 Å². The van der Waals surface area contributed by atoms with Gasteiger partial charge in [0.1, 0.15) is 23.2 Å². The largest absolute Gasteiger partial charge is 0.495 e. The molecule has 2 aromatic carbocycles. The van der Waals surface area contributed by atoms with Gasteiger partial charge in [-0.3, -0.25) is 9.59 Å². The Morgan fingerprint density at radius 3 is 2.56 bits per heavy atom. The SMILES string of the molecule is COc1cc(Cl)c(C)cc1N1C(=O)[C@H]2C(c3ccc(F)cc3)=NO[C@H]2C1=O. The molecule has 2 aliphatic rings. The summed E-state index contributed by atoms with van der Waals surface area (Å²) in [7, 11) is 1.43. The summed E-state index contributed by atoms with van der Waals surface area (Å²) < 4.78 is 18.5. The minimum absolute atomic E-state index is 0.297. The van der Waals surface area contributed by atoms with Gasteiger partial charge in [-0.1, -0.05) is 28.9 Å². The quantitative estimate of drug-likeness (QED) is 0.758. The summed E-state index contributed by atoms with van der Waals surface area (Å²) in [4.78, 5) is 32.2. The van der Waals surface area contributed by atoms with Gasteiger partial charge in [-0.15, -0.1) is 0 Å². The summed E-state index contributed by atoms with van der Waals surface area (Å²) >= 11 is 6.11. The molecule has 0 unspecified atom stereocenters. The number of imide groups is 1. The standard InChI is InChI=1S/C19H14ClFN2O4/c1-9-7-13(14(26-2)8-12(9)20)23-18(24)15-16(22-27-17(15)19(23)25)10-3-5-11(21)6-4-10/h3-8,15,17H,1-2H3/t15-,17+/m0/s1. The third-order valence-electron chi connectivity index (χ3n) is 4.65. The molecule has 2 aromatic rings. The number of ether oxygens (including phenoxy) is 1. The van der Waals surface area contributed by atoms with Crippen LogP contribution in [0.25, 0.3) is 0 Å². The Kier molecular flexibility index (Phi) is 4.11. The van der Waals surface area contributed by atoms with Crippen LogP contribution in [-0.4, -0.2) is 30.7 Å². The predicted octanol–water partition coefficient (Wildman–Crippen LogP) is 3.09. The maximum Gasteiger partial charge on any atom is 0.279 e. The minimum Gasteiger partial charge on any atom is -0.495 e. The van der Waals surface area contributed by atoms with Crippen LogP contribution < -0.4 is 9.64 Å². The van der Waals surface area contributed by atoms with E-state index in [1.807, 2.05) is 0 Å². The number of rotatable bonds is 3. The van der Waals surface area contributed by atoms with Gasteiger partial charge in [-0.25, -0.2) is 9.29 Å². The Labute approximate surface area is 159 Å². The molecule has 138 valence electrons. The molecule has 4 rings (SSSR count). The molecule has 2 atom stereocenters. The molecule has 1 saturated heterocycles. The first kappa shape index (κ1) is 17.5. The van der Waals surface area contributed by atoms with Crippen molar-refractivity contribution in [3.63, 3.8) is 0 Å². The van der Waals surface area contributed by atoms with E-state index >= 15 is 0 Å². The number of carbonyl (C=O) groups excluding carboxylic acids is 2. The van der Waals surface area contributed by atoms with E-state index in [9.17, 15) is 14.0 Å². The van der Waals surface area contributed by atoms with E-state index < -0.39 is 29.7 Å². The molecular formula is C19H14ClFN2O4. The lowest BCUT2D eigenvalue weighted by Gasteiger charge is -2.19. The third-order valence-corrected chi connectivity index (χ3v) is 5.06. The van der Waals surface area contributed by atoms with Crippen LogP contribution in [0, 0.1) is 18.7 Å². The zero-order valence-corrected chi connectivity index (χ0v) is 15.2. The Balaban J connectivity index is 1.75. The fourth-order valence-electron chi connectivity index (χ4n) is 3.26. The normalized spacial score (nSPS) is 21.2. The number of aryl methyl sites for hydroxylation is 1. The van der Waals surface area contributed by atoms with Crippen LogP contribution in [0.15, 0.2) is 41.6 Å². The van der Waals surface area contributed by atoms with Crippen molar-refractivity contribution < 1.29 is 23.6 Å². The number of fused-ring (bicyclic) bond motifs is 1. The Hall–Kier alpha value is -2.93. The van der Waals surface area contributed by atoms with Crippen molar-refractivity contribution in [2.24, 2.45) is 11.1 Å². The lowest BCUT2D eigenvalue weighted by molar-refractivity contribution is -0.126. The van der Waals surface area contributed by atoms with Crippen molar-refractivity contribution in [2.75, 3.05) is 12.0 Å². The van der Waals surface area contributed by atoms with E-state index in [4.69, 9.17) is 21.2 Å². The molecule has 2 heterocycles. The molecule has 0 radical (unpaired) electrons. The van der Waals surface area contributed by atoms with Gasteiger partial charge in [0.2, 0.25) is 12.0 Å². The monoisotopic (exact) mass is 388 g/mol. The molecule has 0 spiro atoms. The number of benzene rings is 2. The highest BCUT2D eigenvalue weighted by molar-refractivity contribution is 6.34. The molecule has 2 aliphatic heterocycles. The van der Waals surface area contributed by atoms with E-state index in [1.54, 1.807) is 19.1 Å². The minimum atomic E-state index is -1.06. The predicted molar refractivity (Wildman–Crippen MR) is 96.5 cm³/mol. The zero-order chi connectivity index (χ0) is 19.3. The highest BCUT2D eigenvalue weighted by atomic mass is 35.5. The molecule has 27 heavy (non-hydrogen) atoms. The van der Waals surface area contributed by atoms with Gasteiger partial charge in [0.25, 0.3) is 5.91 Å². The topological polar surface area (TPSA) is 68.2 Å². The lowest BCUT2D eigenvalue weighted by atomic mass is 9.94. The Morgan fingerprint density at radius 2 is 1.89 bits per heavy atom. The second-order valence-electron chi connectivity index (χ2n) is 6.27. The molecule has 1 fully saturated rings. The van der Waals surface area contributed by atoms with Gasteiger partial charge in [-0.05, 0) is 30.7 Å². The van der Waals surface area contributed by atoms with Crippen LogP contribution in [-0.2, 0) is 14.4 Å². The smallest absolute Gasteiger partial charge is 0.279 e. The maximum absolute atomic E-state index is 13.2. The Bertz CT molecular complexity index is 990. The van der Waals surface area contributed by atoms with Crippen molar-refractivity contribution in [2.45, 2.75) is 13.0 Å². The number of anilines is 1. The first-order valence-corrected chi connectivity index (χ1v) is 8.51. The number of methoxy groups -OCH3 is 1. The van der Waals surface area contributed by atoms with E-state index in [1.165, 1.54) is 31.4 Å².